The number of nitrogens with zero attached hydrogens (tertiary/aromatic N) is 2. The van der Waals surface area contributed by atoms with Gasteiger partial charge in [0.1, 0.15) is 6.61 Å². The fourth-order valence-corrected chi connectivity index (χ4v) is 1.39. The van der Waals surface area contributed by atoms with E-state index >= 15 is 0 Å². The van der Waals surface area contributed by atoms with Crippen molar-refractivity contribution in [1.29, 1.82) is 0 Å². The van der Waals surface area contributed by atoms with Gasteiger partial charge in [0, 0.05) is 24.0 Å². The van der Waals surface area contributed by atoms with Crippen molar-refractivity contribution in [1.82, 2.24) is 15.3 Å². The smallest absolute Gasteiger partial charge is 0.316 e. The highest BCUT2D eigenvalue weighted by molar-refractivity contribution is 5.17. The van der Waals surface area contributed by atoms with Crippen LogP contribution in [0.2, 0.25) is 0 Å². The minimum atomic E-state index is 0.221. The van der Waals surface area contributed by atoms with Crippen LogP contribution >= 0.6 is 0 Å². The molecule has 18 heavy (non-hydrogen) atoms. The first-order valence-electron chi connectivity index (χ1n) is 6.41. The van der Waals surface area contributed by atoms with Gasteiger partial charge in [-0.1, -0.05) is 6.92 Å². The Balaban J connectivity index is 2.41. The third-order valence-electron chi connectivity index (χ3n) is 2.39. The van der Waals surface area contributed by atoms with Crippen molar-refractivity contribution in [3.8, 4) is 6.01 Å². The summed E-state index contributed by atoms with van der Waals surface area (Å²) in [5, 5.41) is 3.25. The number of aryl methyl sites for hydroxylation is 1. The fraction of sp³-hybridized carbons (Fsp3) is 0.692. The molecule has 0 amide bonds. The SMILES string of the molecule is CCNCc1cnc(OCCOC(C)C)nc1C. The molecule has 1 heterocycles. The summed E-state index contributed by atoms with van der Waals surface area (Å²) >= 11 is 0. The van der Waals surface area contributed by atoms with Gasteiger partial charge in [0.2, 0.25) is 0 Å². The summed E-state index contributed by atoms with van der Waals surface area (Å²) < 4.78 is 10.8. The molecule has 1 rings (SSSR count). The van der Waals surface area contributed by atoms with Crippen molar-refractivity contribution in [2.45, 2.75) is 40.3 Å². The summed E-state index contributed by atoms with van der Waals surface area (Å²) in [6, 6.07) is 0.417. The minimum Gasteiger partial charge on any atom is -0.461 e. The highest BCUT2D eigenvalue weighted by Crippen LogP contribution is 2.08. The van der Waals surface area contributed by atoms with E-state index in [0.29, 0.717) is 19.2 Å². The Bertz CT molecular complexity index is 356. The molecular formula is C13H23N3O2. The van der Waals surface area contributed by atoms with E-state index in [-0.39, 0.29) is 6.10 Å². The molecule has 0 aliphatic carbocycles. The zero-order valence-corrected chi connectivity index (χ0v) is 11.7. The van der Waals surface area contributed by atoms with Gasteiger partial charge in [-0.15, -0.1) is 0 Å². The lowest BCUT2D eigenvalue weighted by Gasteiger charge is -2.10. The molecule has 1 aromatic rings. The van der Waals surface area contributed by atoms with Gasteiger partial charge in [-0.25, -0.2) is 9.97 Å². The van der Waals surface area contributed by atoms with Crippen LogP contribution in [-0.4, -0.2) is 35.8 Å². The molecule has 0 aromatic carbocycles. The summed E-state index contributed by atoms with van der Waals surface area (Å²) in [6.07, 6.45) is 2.03. The number of rotatable bonds is 8. The first kappa shape index (κ1) is 14.9. The Labute approximate surface area is 109 Å². The number of hydrogen-bond donors (Lipinski definition) is 1. The van der Waals surface area contributed by atoms with Crippen LogP contribution in [-0.2, 0) is 11.3 Å². The highest BCUT2D eigenvalue weighted by atomic mass is 16.5. The molecule has 0 radical (unpaired) electrons. The van der Waals surface area contributed by atoms with Crippen molar-refractivity contribution in [3.05, 3.63) is 17.5 Å². The maximum atomic E-state index is 5.43. The summed E-state index contributed by atoms with van der Waals surface area (Å²) in [5.74, 6) is 0. The van der Waals surface area contributed by atoms with E-state index < -0.39 is 0 Å². The number of hydrogen-bond acceptors (Lipinski definition) is 5. The summed E-state index contributed by atoms with van der Waals surface area (Å²) in [7, 11) is 0. The van der Waals surface area contributed by atoms with E-state index in [1.54, 1.807) is 0 Å². The molecule has 0 bridgehead atoms. The lowest BCUT2D eigenvalue weighted by atomic mass is 10.2. The van der Waals surface area contributed by atoms with Gasteiger partial charge >= 0.3 is 6.01 Å². The van der Waals surface area contributed by atoms with E-state index in [0.717, 1.165) is 24.3 Å². The number of ether oxygens (including phenoxy) is 2. The molecule has 5 heteroatoms. The van der Waals surface area contributed by atoms with E-state index in [9.17, 15) is 0 Å². The van der Waals surface area contributed by atoms with Crippen LogP contribution in [0.4, 0.5) is 0 Å². The second-order valence-corrected chi connectivity index (χ2v) is 4.31. The Morgan fingerprint density at radius 3 is 2.72 bits per heavy atom. The standard InChI is InChI=1S/C13H23N3O2/c1-5-14-8-12-9-15-13(16-11(12)4)18-7-6-17-10(2)3/h9-10,14H,5-8H2,1-4H3. The van der Waals surface area contributed by atoms with Gasteiger partial charge in [-0.2, -0.15) is 0 Å². The molecule has 0 fully saturated rings. The van der Waals surface area contributed by atoms with Crippen LogP contribution in [0.25, 0.3) is 0 Å². The van der Waals surface area contributed by atoms with Crippen LogP contribution in [0.5, 0.6) is 6.01 Å². The second-order valence-electron chi connectivity index (χ2n) is 4.31. The Hall–Kier alpha value is -1.20. The maximum absolute atomic E-state index is 5.43. The fourth-order valence-electron chi connectivity index (χ4n) is 1.39. The third-order valence-corrected chi connectivity index (χ3v) is 2.39. The zero-order chi connectivity index (χ0) is 13.4. The van der Waals surface area contributed by atoms with Crippen molar-refractivity contribution in [3.63, 3.8) is 0 Å². The molecule has 0 unspecified atom stereocenters. The monoisotopic (exact) mass is 253 g/mol. The lowest BCUT2D eigenvalue weighted by molar-refractivity contribution is 0.0530. The van der Waals surface area contributed by atoms with Crippen molar-refractivity contribution < 1.29 is 9.47 Å². The average Bonchev–Trinajstić information content (AvgIpc) is 2.33. The summed E-state index contributed by atoms with van der Waals surface area (Å²) in [4.78, 5) is 8.49. The quantitative estimate of drug-likeness (QED) is 0.715. The number of nitrogens with one attached hydrogen (secondary N) is 1. The van der Waals surface area contributed by atoms with Gasteiger partial charge < -0.3 is 14.8 Å². The van der Waals surface area contributed by atoms with Crippen LogP contribution in [0.3, 0.4) is 0 Å². The summed E-state index contributed by atoms with van der Waals surface area (Å²) in [5.41, 5.74) is 2.05. The molecular weight excluding hydrogens is 230 g/mol. The molecule has 1 N–H and O–H groups in total. The maximum Gasteiger partial charge on any atom is 0.316 e. The number of aromatic nitrogens is 2. The van der Waals surface area contributed by atoms with E-state index in [4.69, 9.17) is 9.47 Å². The molecule has 0 saturated carbocycles. The average molecular weight is 253 g/mol. The van der Waals surface area contributed by atoms with Crippen LogP contribution in [0.1, 0.15) is 32.0 Å². The second kappa shape index (κ2) is 8.00. The lowest BCUT2D eigenvalue weighted by Crippen LogP contribution is -2.15. The Morgan fingerprint density at radius 2 is 2.11 bits per heavy atom. The van der Waals surface area contributed by atoms with Crippen molar-refractivity contribution in [2.75, 3.05) is 19.8 Å². The van der Waals surface area contributed by atoms with Crippen LogP contribution in [0.15, 0.2) is 6.20 Å². The third kappa shape index (κ3) is 5.42. The molecule has 0 aliphatic rings. The summed E-state index contributed by atoms with van der Waals surface area (Å²) in [6.45, 7) is 10.8. The van der Waals surface area contributed by atoms with Gasteiger partial charge in [-0.3, -0.25) is 0 Å². The van der Waals surface area contributed by atoms with E-state index in [1.165, 1.54) is 0 Å². The van der Waals surface area contributed by atoms with Crippen LogP contribution in [0, 0.1) is 6.92 Å². The minimum absolute atomic E-state index is 0.221. The van der Waals surface area contributed by atoms with Gasteiger partial charge in [0.15, 0.2) is 0 Å². The van der Waals surface area contributed by atoms with E-state index in [2.05, 4.69) is 22.2 Å². The topological polar surface area (TPSA) is 56.3 Å². The molecule has 0 aliphatic heterocycles. The van der Waals surface area contributed by atoms with Crippen molar-refractivity contribution >= 4 is 0 Å². The van der Waals surface area contributed by atoms with Gasteiger partial charge in [-0.05, 0) is 27.3 Å². The first-order valence-corrected chi connectivity index (χ1v) is 6.41. The van der Waals surface area contributed by atoms with Crippen LogP contribution < -0.4 is 10.1 Å². The normalized spacial score (nSPS) is 10.9. The van der Waals surface area contributed by atoms with Gasteiger partial charge in [0.25, 0.3) is 0 Å². The Kier molecular flexibility index (Phi) is 6.60. The van der Waals surface area contributed by atoms with Crippen molar-refractivity contribution in [2.24, 2.45) is 0 Å². The Morgan fingerprint density at radius 1 is 1.33 bits per heavy atom. The van der Waals surface area contributed by atoms with E-state index in [1.807, 2.05) is 27.0 Å². The molecule has 0 saturated heterocycles. The largest absolute Gasteiger partial charge is 0.461 e. The molecule has 0 spiro atoms. The molecule has 1 aromatic heterocycles. The predicted octanol–water partition coefficient (Wildman–Crippen LogP) is 1.70. The highest BCUT2D eigenvalue weighted by Gasteiger charge is 2.04. The molecule has 5 nitrogen and oxygen atoms in total. The molecule has 102 valence electrons. The molecule has 0 atom stereocenters. The zero-order valence-electron chi connectivity index (χ0n) is 11.7. The van der Waals surface area contributed by atoms with Gasteiger partial charge in [0.05, 0.1) is 12.7 Å². The first-order chi connectivity index (χ1) is 8.63. The predicted molar refractivity (Wildman–Crippen MR) is 70.7 cm³/mol.